The number of hydrogen-bond donors (Lipinski definition) is 1. The highest BCUT2D eigenvalue weighted by Gasteiger charge is 2.27. The van der Waals surface area contributed by atoms with Crippen molar-refractivity contribution in [1.82, 2.24) is 0 Å². The largest absolute Gasteiger partial charge is 0.411 e. The van der Waals surface area contributed by atoms with E-state index in [1.165, 1.54) is 6.07 Å². The molecule has 1 aromatic rings. The van der Waals surface area contributed by atoms with Crippen molar-refractivity contribution in [1.29, 1.82) is 0 Å². The first kappa shape index (κ1) is 13.9. The van der Waals surface area contributed by atoms with Crippen molar-refractivity contribution in [3.05, 3.63) is 24.0 Å². The summed E-state index contributed by atoms with van der Waals surface area (Å²) >= 11 is 0. The van der Waals surface area contributed by atoms with Crippen LogP contribution in [0.25, 0.3) is 0 Å². The predicted octanol–water partition coefficient (Wildman–Crippen LogP) is 2.05. The number of benzene rings is 1. The molecule has 0 amide bonds. The first-order valence-electron chi connectivity index (χ1n) is 4.37. The third-order valence-electron chi connectivity index (χ3n) is 1.61. The quantitative estimate of drug-likeness (QED) is 0.673. The fourth-order valence-electron chi connectivity index (χ4n) is 1.02. The van der Waals surface area contributed by atoms with E-state index < -0.39 is 35.3 Å². The van der Waals surface area contributed by atoms with E-state index in [1.54, 1.807) is 0 Å². The number of ether oxygens (including phenoxy) is 1. The maximum atomic E-state index is 12.9. The third kappa shape index (κ3) is 5.14. The summed E-state index contributed by atoms with van der Waals surface area (Å²) in [5.74, 6) is -1.37. The molecule has 1 rings (SSSR count). The van der Waals surface area contributed by atoms with Gasteiger partial charge in [-0.15, -0.1) is 0 Å². The molecule has 0 fully saturated rings. The Morgan fingerprint density at radius 2 is 1.94 bits per heavy atom. The molecule has 0 aliphatic heterocycles. The molecule has 0 saturated heterocycles. The second-order valence-electron chi connectivity index (χ2n) is 3.15. The normalized spacial score (nSPS) is 13.6. The van der Waals surface area contributed by atoms with Crippen molar-refractivity contribution < 1.29 is 26.5 Å². The first-order valence-corrected chi connectivity index (χ1v) is 5.69. The minimum Gasteiger partial charge on any atom is -0.399 e. The Hall–Kier alpha value is -1.15. The Morgan fingerprint density at radius 3 is 2.47 bits per heavy atom. The van der Waals surface area contributed by atoms with Crippen LogP contribution >= 0.6 is 0 Å². The molecule has 96 valence electrons. The van der Waals surface area contributed by atoms with Gasteiger partial charge in [0.15, 0.2) is 0 Å². The molecule has 0 heterocycles. The lowest BCUT2D eigenvalue weighted by molar-refractivity contribution is -0.169. The average Bonchev–Trinajstić information content (AvgIpc) is 2.13. The van der Waals surface area contributed by atoms with E-state index in [9.17, 15) is 21.8 Å². The van der Waals surface area contributed by atoms with Gasteiger partial charge < -0.3 is 10.5 Å². The number of halogens is 4. The summed E-state index contributed by atoms with van der Waals surface area (Å²) in [4.78, 5) is -0.00956. The Labute approximate surface area is 97.0 Å². The minimum absolute atomic E-state index is 0.00956. The average molecular weight is 271 g/mol. The van der Waals surface area contributed by atoms with Crippen molar-refractivity contribution >= 4 is 16.5 Å². The van der Waals surface area contributed by atoms with Gasteiger partial charge in [0.1, 0.15) is 18.4 Å². The number of rotatable bonds is 4. The first-order chi connectivity index (χ1) is 7.78. The van der Waals surface area contributed by atoms with Crippen LogP contribution in [0.3, 0.4) is 0 Å². The monoisotopic (exact) mass is 271 g/mol. The molecule has 8 heteroatoms. The van der Waals surface area contributed by atoms with Crippen LogP contribution in [0.1, 0.15) is 0 Å². The van der Waals surface area contributed by atoms with E-state index in [1.807, 2.05) is 0 Å². The van der Waals surface area contributed by atoms with Crippen LogP contribution in [0.15, 0.2) is 23.1 Å². The zero-order valence-corrected chi connectivity index (χ0v) is 9.28. The molecular weight excluding hydrogens is 262 g/mol. The molecule has 1 atom stereocenters. The van der Waals surface area contributed by atoms with Gasteiger partial charge in [-0.25, -0.2) is 4.39 Å². The summed E-state index contributed by atoms with van der Waals surface area (Å²) in [6.07, 6.45) is -4.48. The van der Waals surface area contributed by atoms with Crippen molar-refractivity contribution in [2.75, 3.05) is 18.3 Å². The molecule has 2 N–H and O–H groups in total. The van der Waals surface area contributed by atoms with Gasteiger partial charge in [0.25, 0.3) is 0 Å². The van der Waals surface area contributed by atoms with Crippen LogP contribution in [0.5, 0.6) is 0 Å². The highest BCUT2D eigenvalue weighted by molar-refractivity contribution is 7.84. The van der Waals surface area contributed by atoms with Gasteiger partial charge in [-0.05, 0) is 18.2 Å². The number of hydrogen-bond acceptors (Lipinski definition) is 3. The summed E-state index contributed by atoms with van der Waals surface area (Å²) in [5, 5.41) is 0. The van der Waals surface area contributed by atoms with Gasteiger partial charge in [0.05, 0.1) is 10.8 Å². The lowest BCUT2D eigenvalue weighted by Crippen LogP contribution is -2.18. The van der Waals surface area contributed by atoms with E-state index >= 15 is 0 Å². The summed E-state index contributed by atoms with van der Waals surface area (Å²) in [6, 6.07) is 3.16. The molecular formula is C9H9F4NO2S. The van der Waals surface area contributed by atoms with Gasteiger partial charge in [-0.1, -0.05) is 0 Å². The standard InChI is InChI=1S/C9H9F4NO2S/c10-6-1-7(14)3-8(2-6)17(15)5-16-4-9(11,12)13/h1-3H,4-5,14H2. The van der Waals surface area contributed by atoms with E-state index in [2.05, 4.69) is 4.74 Å². The van der Waals surface area contributed by atoms with Crippen LogP contribution in [0.2, 0.25) is 0 Å². The minimum atomic E-state index is -4.48. The Morgan fingerprint density at radius 1 is 1.29 bits per heavy atom. The van der Waals surface area contributed by atoms with Gasteiger partial charge >= 0.3 is 6.18 Å². The maximum Gasteiger partial charge on any atom is 0.411 e. The van der Waals surface area contributed by atoms with E-state index in [-0.39, 0.29) is 10.6 Å². The Kier molecular flexibility index (Phi) is 4.47. The van der Waals surface area contributed by atoms with Crippen LogP contribution in [0.4, 0.5) is 23.2 Å². The molecule has 0 spiro atoms. The van der Waals surface area contributed by atoms with Gasteiger partial charge in [-0.3, -0.25) is 4.21 Å². The second-order valence-corrected chi connectivity index (χ2v) is 4.55. The molecule has 0 aliphatic rings. The van der Waals surface area contributed by atoms with Crippen LogP contribution in [-0.4, -0.2) is 22.9 Å². The molecule has 17 heavy (non-hydrogen) atoms. The van der Waals surface area contributed by atoms with Crippen molar-refractivity contribution in [2.45, 2.75) is 11.1 Å². The highest BCUT2D eigenvalue weighted by Crippen LogP contribution is 2.17. The lowest BCUT2D eigenvalue weighted by Gasteiger charge is -2.07. The second kappa shape index (κ2) is 5.46. The molecule has 1 unspecified atom stereocenters. The van der Waals surface area contributed by atoms with Crippen molar-refractivity contribution in [3.8, 4) is 0 Å². The van der Waals surface area contributed by atoms with E-state index in [0.717, 1.165) is 12.1 Å². The van der Waals surface area contributed by atoms with E-state index in [0.29, 0.717) is 0 Å². The number of nitrogens with two attached hydrogens (primary N) is 1. The zero-order chi connectivity index (χ0) is 13.1. The summed E-state index contributed by atoms with van der Waals surface area (Å²) in [5.41, 5.74) is 5.35. The molecule has 0 bridgehead atoms. The summed E-state index contributed by atoms with van der Waals surface area (Å²) in [6.45, 7) is -1.50. The fraction of sp³-hybridized carbons (Fsp3) is 0.333. The SMILES string of the molecule is Nc1cc(F)cc(S(=O)COCC(F)(F)F)c1. The van der Waals surface area contributed by atoms with Crippen LogP contribution in [-0.2, 0) is 15.5 Å². The lowest BCUT2D eigenvalue weighted by atomic mass is 10.3. The number of alkyl halides is 3. The molecule has 3 nitrogen and oxygen atoms in total. The van der Waals surface area contributed by atoms with Gasteiger partial charge in [-0.2, -0.15) is 13.2 Å². The molecule has 0 radical (unpaired) electrons. The number of anilines is 1. The van der Waals surface area contributed by atoms with Crippen molar-refractivity contribution in [3.63, 3.8) is 0 Å². The summed E-state index contributed by atoms with van der Waals surface area (Å²) in [7, 11) is -1.88. The molecule has 0 aromatic heterocycles. The molecule has 1 aromatic carbocycles. The molecule has 0 saturated carbocycles. The van der Waals surface area contributed by atoms with E-state index in [4.69, 9.17) is 5.73 Å². The summed E-state index contributed by atoms with van der Waals surface area (Å²) < 4.78 is 63.7. The van der Waals surface area contributed by atoms with Crippen LogP contribution in [0, 0.1) is 5.82 Å². The van der Waals surface area contributed by atoms with Gasteiger partial charge in [0, 0.05) is 10.6 Å². The van der Waals surface area contributed by atoms with Crippen molar-refractivity contribution in [2.24, 2.45) is 0 Å². The van der Waals surface area contributed by atoms with Crippen LogP contribution < -0.4 is 5.73 Å². The zero-order valence-electron chi connectivity index (χ0n) is 8.46. The third-order valence-corrected chi connectivity index (χ3v) is 2.75. The number of nitrogen functional groups attached to an aromatic ring is 1. The fourth-order valence-corrected chi connectivity index (χ4v) is 1.90. The molecule has 0 aliphatic carbocycles. The Bertz CT molecular complexity index is 402. The van der Waals surface area contributed by atoms with Gasteiger partial charge in [0.2, 0.25) is 0 Å². The predicted molar refractivity (Wildman–Crippen MR) is 54.1 cm³/mol. The maximum absolute atomic E-state index is 12.9. The topological polar surface area (TPSA) is 52.3 Å². The highest BCUT2D eigenvalue weighted by atomic mass is 32.2. The smallest absolute Gasteiger partial charge is 0.399 e. The Balaban J connectivity index is 2.58.